The average Bonchev–Trinajstić information content (AvgIpc) is 2.92. The maximum absolute atomic E-state index is 13.0. The van der Waals surface area contributed by atoms with Crippen molar-refractivity contribution in [1.29, 1.82) is 0 Å². The van der Waals surface area contributed by atoms with Gasteiger partial charge in [0, 0.05) is 12.4 Å². The first-order valence-electron chi connectivity index (χ1n) is 7.60. The summed E-state index contributed by atoms with van der Waals surface area (Å²) in [6.07, 6.45) is 3.81. The van der Waals surface area contributed by atoms with E-state index in [1.165, 1.54) is 16.1 Å². The van der Waals surface area contributed by atoms with E-state index >= 15 is 0 Å². The Morgan fingerprint density at radius 2 is 1.54 bits per heavy atom. The average molecular weight is 343 g/mol. The zero-order valence-corrected chi connectivity index (χ0v) is 14.3. The van der Waals surface area contributed by atoms with Crippen molar-refractivity contribution in [2.45, 2.75) is 25.2 Å². The van der Waals surface area contributed by atoms with Crippen LogP contribution in [-0.2, 0) is 16.4 Å². The van der Waals surface area contributed by atoms with Crippen LogP contribution in [0.1, 0.15) is 22.3 Å². The molecule has 124 valence electrons. The number of nitrogens with zero attached hydrogens (tertiary/aromatic N) is 1. The van der Waals surface area contributed by atoms with Gasteiger partial charge in [0.05, 0.1) is 4.90 Å². The number of aromatic nitrogens is 1. The smallest absolute Gasteiger partial charge is 0.248 e. The highest BCUT2D eigenvalue weighted by molar-refractivity contribution is 7.90. The summed E-state index contributed by atoms with van der Waals surface area (Å²) in [6, 6.07) is 13.0. The first-order valence-corrected chi connectivity index (χ1v) is 9.04. The summed E-state index contributed by atoms with van der Waals surface area (Å²) in [6.45, 7) is 3.79. The van der Waals surface area contributed by atoms with Crippen molar-refractivity contribution < 1.29 is 12.8 Å². The highest BCUT2D eigenvalue weighted by Gasteiger charge is 2.18. The molecule has 0 radical (unpaired) electrons. The molecule has 0 saturated heterocycles. The third kappa shape index (κ3) is 3.26. The van der Waals surface area contributed by atoms with E-state index in [0.29, 0.717) is 6.42 Å². The van der Waals surface area contributed by atoms with Crippen molar-refractivity contribution in [2.75, 3.05) is 0 Å². The molecule has 3 rings (SSSR count). The summed E-state index contributed by atoms with van der Waals surface area (Å²) in [7, 11) is -3.60. The van der Waals surface area contributed by atoms with E-state index in [0.717, 1.165) is 22.3 Å². The molecule has 5 heteroatoms. The Balaban J connectivity index is 1.93. The van der Waals surface area contributed by atoms with E-state index in [-0.39, 0.29) is 10.7 Å². The molecule has 0 aliphatic heterocycles. The summed E-state index contributed by atoms with van der Waals surface area (Å²) in [5, 5.41) is 0. The summed E-state index contributed by atoms with van der Waals surface area (Å²) in [5.74, 6) is -0.282. The minimum atomic E-state index is -3.60. The number of hydrogen-bond donors (Lipinski definition) is 0. The molecule has 2 aromatic carbocycles. The van der Waals surface area contributed by atoms with Gasteiger partial charge in [0.1, 0.15) is 5.82 Å². The van der Waals surface area contributed by atoms with Gasteiger partial charge in [-0.15, -0.1) is 0 Å². The molecule has 0 fully saturated rings. The van der Waals surface area contributed by atoms with E-state index in [1.807, 2.05) is 13.8 Å². The largest absolute Gasteiger partial charge is 0.267 e. The standard InChI is InChI=1S/C19H18FNO2S/c1-14-3-9-19(10-4-14)24(22,23)21-12-15(2)17(13-21)11-16-5-7-18(20)8-6-16/h3-10,12-13H,11H2,1-2H3. The Kier molecular flexibility index (Phi) is 4.28. The van der Waals surface area contributed by atoms with Crippen molar-refractivity contribution in [3.8, 4) is 0 Å². The fraction of sp³-hybridized carbons (Fsp3) is 0.158. The summed E-state index contributed by atoms with van der Waals surface area (Å²) >= 11 is 0. The predicted molar refractivity (Wildman–Crippen MR) is 92.1 cm³/mol. The fourth-order valence-electron chi connectivity index (χ4n) is 2.54. The number of aryl methyl sites for hydroxylation is 2. The molecule has 0 spiro atoms. The third-order valence-corrected chi connectivity index (χ3v) is 5.65. The van der Waals surface area contributed by atoms with Crippen LogP contribution in [0.15, 0.2) is 65.8 Å². The first kappa shape index (κ1) is 16.5. The summed E-state index contributed by atoms with van der Waals surface area (Å²) < 4.78 is 39.7. The molecular weight excluding hydrogens is 325 g/mol. The molecule has 0 saturated carbocycles. The molecule has 0 aliphatic rings. The van der Waals surface area contributed by atoms with Crippen LogP contribution in [-0.4, -0.2) is 12.4 Å². The molecule has 0 aliphatic carbocycles. The molecule has 0 bridgehead atoms. The van der Waals surface area contributed by atoms with Gasteiger partial charge in [-0.25, -0.2) is 16.8 Å². The molecule has 3 aromatic rings. The van der Waals surface area contributed by atoms with Gasteiger partial charge in [0.25, 0.3) is 10.0 Å². The first-order chi connectivity index (χ1) is 11.4. The van der Waals surface area contributed by atoms with Gasteiger partial charge in [0.2, 0.25) is 0 Å². The van der Waals surface area contributed by atoms with Gasteiger partial charge in [-0.2, -0.15) is 0 Å². The van der Waals surface area contributed by atoms with Gasteiger partial charge in [-0.3, -0.25) is 0 Å². The Bertz CT molecular complexity index is 956. The van der Waals surface area contributed by atoms with Crippen LogP contribution < -0.4 is 0 Å². The SMILES string of the molecule is Cc1ccc(S(=O)(=O)n2cc(C)c(Cc3ccc(F)cc3)c2)cc1. The molecule has 1 heterocycles. The molecule has 0 atom stereocenters. The molecule has 0 unspecified atom stereocenters. The second kappa shape index (κ2) is 6.24. The van der Waals surface area contributed by atoms with Crippen LogP contribution in [0.4, 0.5) is 4.39 Å². The molecular formula is C19H18FNO2S. The fourth-order valence-corrected chi connectivity index (χ4v) is 3.83. The lowest BCUT2D eigenvalue weighted by atomic mass is 10.1. The van der Waals surface area contributed by atoms with E-state index in [4.69, 9.17) is 0 Å². The number of benzene rings is 2. The number of hydrogen-bond acceptors (Lipinski definition) is 2. The van der Waals surface area contributed by atoms with Crippen molar-refractivity contribution in [3.05, 3.63) is 89.0 Å². The summed E-state index contributed by atoms with van der Waals surface area (Å²) in [5.41, 5.74) is 3.73. The van der Waals surface area contributed by atoms with Crippen LogP contribution in [0.5, 0.6) is 0 Å². The van der Waals surface area contributed by atoms with Crippen molar-refractivity contribution >= 4 is 10.0 Å². The maximum Gasteiger partial charge on any atom is 0.267 e. The van der Waals surface area contributed by atoms with E-state index in [1.54, 1.807) is 48.8 Å². The molecule has 24 heavy (non-hydrogen) atoms. The number of rotatable bonds is 4. The number of halogens is 1. The van der Waals surface area contributed by atoms with Crippen molar-refractivity contribution in [2.24, 2.45) is 0 Å². The normalized spacial score (nSPS) is 11.6. The molecule has 0 N–H and O–H groups in total. The van der Waals surface area contributed by atoms with Crippen molar-refractivity contribution in [1.82, 2.24) is 3.97 Å². The monoisotopic (exact) mass is 343 g/mol. The quantitative estimate of drug-likeness (QED) is 0.716. The zero-order valence-electron chi connectivity index (χ0n) is 13.5. The van der Waals surface area contributed by atoms with Crippen LogP contribution >= 0.6 is 0 Å². The molecule has 3 nitrogen and oxygen atoms in total. The van der Waals surface area contributed by atoms with Crippen molar-refractivity contribution in [3.63, 3.8) is 0 Å². The minimum Gasteiger partial charge on any atom is -0.248 e. The molecule has 1 aromatic heterocycles. The zero-order chi connectivity index (χ0) is 17.3. The van der Waals surface area contributed by atoms with Crippen LogP contribution in [0.3, 0.4) is 0 Å². The predicted octanol–water partition coefficient (Wildman–Crippen LogP) is 4.07. The summed E-state index contributed by atoms with van der Waals surface area (Å²) in [4.78, 5) is 0.261. The highest BCUT2D eigenvalue weighted by Crippen LogP contribution is 2.20. The van der Waals surface area contributed by atoms with E-state index in [9.17, 15) is 12.8 Å². The lowest BCUT2D eigenvalue weighted by molar-refractivity contribution is 0.587. The lowest BCUT2D eigenvalue weighted by Crippen LogP contribution is -2.10. The Morgan fingerprint density at radius 3 is 2.17 bits per heavy atom. The third-order valence-electron chi connectivity index (χ3n) is 4.01. The van der Waals surface area contributed by atoms with Gasteiger partial charge < -0.3 is 0 Å². The van der Waals surface area contributed by atoms with Crippen LogP contribution in [0, 0.1) is 19.7 Å². The Labute approximate surface area is 141 Å². The van der Waals surface area contributed by atoms with Crippen LogP contribution in [0.25, 0.3) is 0 Å². The van der Waals surface area contributed by atoms with E-state index in [2.05, 4.69) is 0 Å². The Morgan fingerprint density at radius 1 is 0.917 bits per heavy atom. The minimum absolute atomic E-state index is 0.261. The maximum atomic E-state index is 13.0. The van der Waals surface area contributed by atoms with Gasteiger partial charge in [0.15, 0.2) is 0 Å². The van der Waals surface area contributed by atoms with Gasteiger partial charge >= 0.3 is 0 Å². The van der Waals surface area contributed by atoms with Gasteiger partial charge in [-0.1, -0.05) is 29.8 Å². The topological polar surface area (TPSA) is 39.1 Å². The second-order valence-electron chi connectivity index (χ2n) is 5.92. The highest BCUT2D eigenvalue weighted by atomic mass is 32.2. The second-order valence-corrected chi connectivity index (χ2v) is 7.76. The van der Waals surface area contributed by atoms with Crippen LogP contribution in [0.2, 0.25) is 0 Å². The Hall–Kier alpha value is -2.40. The lowest BCUT2D eigenvalue weighted by Gasteiger charge is -2.06. The van der Waals surface area contributed by atoms with Gasteiger partial charge in [-0.05, 0) is 61.2 Å². The van der Waals surface area contributed by atoms with E-state index < -0.39 is 10.0 Å². The molecule has 0 amide bonds.